The van der Waals surface area contributed by atoms with Crippen LogP contribution >= 0.6 is 12.6 Å². The lowest BCUT2D eigenvalue weighted by molar-refractivity contribution is -0.218. The number of unbranched alkanes of at least 4 members (excludes halogenated alkanes) is 5. The number of hydrogen-bond acceptors (Lipinski definition) is 6. The minimum absolute atomic E-state index is 0.348. The van der Waals surface area contributed by atoms with E-state index in [-0.39, 0.29) is 6.61 Å². The fraction of sp³-hybridized carbons (Fsp3) is 1.00. The third-order valence-corrected chi connectivity index (χ3v) is 4.07. The first-order valence-corrected chi connectivity index (χ1v) is 8.05. The normalized spacial score (nSPS) is 34.4. The largest absolute Gasteiger partial charge is 0.394 e. The second kappa shape index (κ2) is 9.97. The van der Waals surface area contributed by atoms with E-state index in [1.165, 1.54) is 25.7 Å². The molecule has 1 fully saturated rings. The van der Waals surface area contributed by atoms with Gasteiger partial charge in [0.2, 0.25) is 0 Å². The Kier molecular flexibility index (Phi) is 9.08. The fourth-order valence-corrected chi connectivity index (χ4v) is 2.77. The molecule has 1 saturated heterocycles. The molecule has 5 nitrogen and oxygen atoms in total. The lowest BCUT2D eigenvalue weighted by atomic mass is 10.00. The molecule has 0 bridgehead atoms. The highest BCUT2D eigenvalue weighted by atomic mass is 32.1. The Morgan fingerprint density at radius 3 is 2.35 bits per heavy atom. The van der Waals surface area contributed by atoms with Crippen LogP contribution in [-0.2, 0) is 9.47 Å². The number of ether oxygens (including phenoxy) is 2. The Labute approximate surface area is 126 Å². The van der Waals surface area contributed by atoms with Crippen LogP contribution in [0.4, 0.5) is 0 Å². The van der Waals surface area contributed by atoms with E-state index >= 15 is 0 Å². The maximum absolute atomic E-state index is 9.97. The van der Waals surface area contributed by atoms with Crippen LogP contribution in [0, 0.1) is 0 Å². The Hall–Kier alpha value is 0.150. The summed E-state index contributed by atoms with van der Waals surface area (Å²) in [5.41, 5.74) is -0.634. The van der Waals surface area contributed by atoms with E-state index in [1.54, 1.807) is 0 Å². The van der Waals surface area contributed by atoms with Crippen LogP contribution in [0.15, 0.2) is 0 Å². The van der Waals surface area contributed by atoms with Gasteiger partial charge in [0.25, 0.3) is 0 Å². The fourth-order valence-electron chi connectivity index (χ4n) is 2.35. The summed E-state index contributed by atoms with van der Waals surface area (Å²) >= 11 is 4.21. The van der Waals surface area contributed by atoms with Gasteiger partial charge in [-0.2, -0.15) is 0 Å². The van der Waals surface area contributed by atoms with Gasteiger partial charge in [-0.25, -0.2) is 0 Å². The zero-order valence-corrected chi connectivity index (χ0v) is 13.0. The molecule has 0 aromatic rings. The molecule has 1 aliphatic rings. The van der Waals surface area contributed by atoms with E-state index in [4.69, 9.17) is 14.6 Å². The molecule has 0 radical (unpaired) electrons. The predicted octanol–water partition coefficient (Wildman–Crippen LogP) is 1.10. The summed E-state index contributed by atoms with van der Waals surface area (Å²) in [6.07, 6.45) is 3.28. The highest BCUT2D eigenvalue weighted by molar-refractivity contribution is 7.80. The molecular weight excluding hydrogens is 280 g/mol. The van der Waals surface area contributed by atoms with Gasteiger partial charge in [0.05, 0.1) is 6.61 Å². The molecule has 3 N–H and O–H groups in total. The van der Waals surface area contributed by atoms with Crippen LogP contribution in [0.5, 0.6) is 0 Å². The topological polar surface area (TPSA) is 79.2 Å². The number of hydrogen-bond donors (Lipinski definition) is 4. The van der Waals surface area contributed by atoms with E-state index < -0.39 is 29.9 Å². The lowest BCUT2D eigenvalue weighted by Gasteiger charge is -2.40. The molecule has 0 spiro atoms. The van der Waals surface area contributed by atoms with Crippen molar-refractivity contribution in [1.29, 1.82) is 0 Å². The Morgan fingerprint density at radius 1 is 1.05 bits per heavy atom. The average molecular weight is 308 g/mol. The van der Waals surface area contributed by atoms with Gasteiger partial charge in [0, 0.05) is 6.61 Å². The molecule has 0 unspecified atom stereocenters. The van der Waals surface area contributed by atoms with Crippen molar-refractivity contribution in [2.24, 2.45) is 0 Å². The summed E-state index contributed by atoms with van der Waals surface area (Å²) in [5, 5.41) is 28.8. The van der Waals surface area contributed by atoms with Gasteiger partial charge in [-0.1, -0.05) is 39.0 Å². The predicted molar refractivity (Wildman–Crippen MR) is 79.9 cm³/mol. The first-order chi connectivity index (χ1) is 9.61. The second-order valence-electron chi connectivity index (χ2n) is 5.33. The van der Waals surface area contributed by atoms with Gasteiger partial charge in [-0.15, -0.1) is 12.6 Å². The summed E-state index contributed by atoms with van der Waals surface area (Å²) in [7, 11) is 0. The summed E-state index contributed by atoms with van der Waals surface area (Å²) in [5.74, 6) is 0. The van der Waals surface area contributed by atoms with Crippen molar-refractivity contribution in [1.82, 2.24) is 0 Å². The maximum Gasteiger partial charge on any atom is 0.129 e. The number of rotatable bonds is 9. The summed E-state index contributed by atoms with van der Waals surface area (Å²) in [4.78, 5) is 0. The zero-order chi connectivity index (χ0) is 15.0. The molecule has 0 aliphatic carbocycles. The van der Waals surface area contributed by atoms with E-state index in [1.807, 2.05) is 0 Å². The number of thiol groups is 1. The molecular formula is C14H28O5S. The van der Waals surface area contributed by atoms with Crippen LogP contribution < -0.4 is 0 Å². The van der Waals surface area contributed by atoms with Crippen LogP contribution in [0.2, 0.25) is 0 Å². The second-order valence-corrected chi connectivity index (χ2v) is 5.84. The molecule has 0 aromatic heterocycles. The third kappa shape index (κ3) is 5.50. The van der Waals surface area contributed by atoms with Gasteiger partial charge < -0.3 is 24.8 Å². The monoisotopic (exact) mass is 308 g/mol. The van der Waals surface area contributed by atoms with Gasteiger partial charge in [0.15, 0.2) is 0 Å². The van der Waals surface area contributed by atoms with E-state index in [9.17, 15) is 10.2 Å². The van der Waals surface area contributed by atoms with Gasteiger partial charge in [0.1, 0.15) is 29.9 Å². The summed E-state index contributed by atoms with van der Waals surface area (Å²) < 4.78 is 10.9. The Bertz CT molecular complexity index is 254. The van der Waals surface area contributed by atoms with Crippen molar-refractivity contribution >= 4 is 12.6 Å². The van der Waals surface area contributed by atoms with Crippen molar-refractivity contribution in [2.75, 3.05) is 13.2 Å². The number of aliphatic hydroxyl groups is 3. The lowest BCUT2D eigenvalue weighted by Crippen LogP contribution is -2.57. The van der Waals surface area contributed by atoms with Gasteiger partial charge >= 0.3 is 0 Å². The van der Waals surface area contributed by atoms with Gasteiger partial charge in [-0.05, 0) is 6.42 Å². The zero-order valence-electron chi connectivity index (χ0n) is 12.1. The molecule has 0 amide bonds. The van der Waals surface area contributed by atoms with E-state index in [0.29, 0.717) is 6.61 Å². The van der Waals surface area contributed by atoms with Crippen molar-refractivity contribution in [3.8, 4) is 0 Å². The van der Waals surface area contributed by atoms with E-state index in [2.05, 4.69) is 19.6 Å². The molecule has 120 valence electrons. The third-order valence-electron chi connectivity index (χ3n) is 3.65. The first kappa shape index (κ1) is 18.2. The number of aliphatic hydroxyl groups excluding tert-OH is 3. The van der Waals surface area contributed by atoms with Crippen LogP contribution in [0.1, 0.15) is 45.4 Å². The maximum atomic E-state index is 9.97. The molecule has 1 heterocycles. The van der Waals surface area contributed by atoms with Crippen LogP contribution in [0.25, 0.3) is 0 Å². The highest BCUT2D eigenvalue weighted by Crippen LogP contribution is 2.25. The molecule has 5 atom stereocenters. The van der Waals surface area contributed by atoms with Crippen molar-refractivity contribution < 1.29 is 24.8 Å². The molecule has 1 rings (SSSR count). The summed E-state index contributed by atoms with van der Waals surface area (Å²) in [6, 6.07) is 0. The quantitative estimate of drug-likeness (QED) is 0.379. The molecule has 0 aromatic carbocycles. The Balaban J connectivity index is 2.22. The summed E-state index contributed by atoms with van der Waals surface area (Å²) in [6.45, 7) is 2.36. The smallest absolute Gasteiger partial charge is 0.129 e. The highest BCUT2D eigenvalue weighted by Gasteiger charge is 2.43. The minimum atomic E-state index is -1.14. The van der Waals surface area contributed by atoms with Gasteiger partial charge in [-0.3, -0.25) is 0 Å². The average Bonchev–Trinajstić information content (AvgIpc) is 2.45. The Morgan fingerprint density at radius 2 is 1.70 bits per heavy atom. The van der Waals surface area contributed by atoms with Crippen molar-refractivity contribution in [3.05, 3.63) is 0 Å². The molecule has 1 aliphatic heterocycles. The molecule has 20 heavy (non-hydrogen) atoms. The van der Waals surface area contributed by atoms with Crippen LogP contribution in [-0.4, -0.2) is 58.4 Å². The molecule has 6 heteroatoms. The first-order valence-electron chi connectivity index (χ1n) is 7.54. The van der Waals surface area contributed by atoms with Crippen molar-refractivity contribution in [2.45, 2.75) is 75.3 Å². The standard InChI is InChI=1S/C14H28O5S/c1-2-3-4-5-6-7-8-18-13-12(17)11(16)10(9-15)19-14(13)20/h10-17,20H,2-9H2,1H3/t10-,11-,12+,13-,14+/m1/s1. The SMILES string of the molecule is CCCCCCCCO[C@@H]1[C@@H](O)[C@H](O)[C@@H](CO)O[C@H]1S. The van der Waals surface area contributed by atoms with Crippen LogP contribution in [0.3, 0.4) is 0 Å². The van der Waals surface area contributed by atoms with E-state index in [0.717, 1.165) is 12.8 Å². The minimum Gasteiger partial charge on any atom is -0.394 e. The molecule has 0 saturated carbocycles. The van der Waals surface area contributed by atoms with Crippen molar-refractivity contribution in [3.63, 3.8) is 0 Å².